The summed E-state index contributed by atoms with van der Waals surface area (Å²) < 4.78 is 201. The normalized spacial score (nSPS) is 19.2. The summed E-state index contributed by atoms with van der Waals surface area (Å²) in [4.78, 5) is 29.8. The SMILES string of the molecule is BCC(C)(C(F)(F)OC(F)(C(F)(F)F)C(C)(CC)C(=O)N(C)c1cccc(C(C)(C)[SH]=C)c1)C(C)(CC)C(F)(F)OC(F)(C(F)(F)F)C(C)(CN)C(=O)N(C)c1cccc(S(C)(C)C=C)c1. The number of hydrogen-bond donors (Lipinski definition) is 2. The Hall–Kier alpha value is -3.21. The van der Waals surface area contributed by atoms with Crippen molar-refractivity contribution in [3.05, 3.63) is 66.1 Å². The number of ether oxygens (including phenoxy) is 2. The molecule has 0 aliphatic rings. The third kappa shape index (κ3) is 9.69. The smallest absolute Gasteiger partial charge is 0.329 e. The molecule has 7 nitrogen and oxygen atoms in total. The highest BCUT2D eigenvalue weighted by atomic mass is 32.3. The molecule has 376 valence electrons. The van der Waals surface area contributed by atoms with Gasteiger partial charge in [-0.25, -0.2) is 18.8 Å². The molecule has 2 aromatic carbocycles. The van der Waals surface area contributed by atoms with Crippen molar-refractivity contribution in [1.29, 1.82) is 0 Å². The summed E-state index contributed by atoms with van der Waals surface area (Å²) in [7, 11) is 0.810. The summed E-state index contributed by atoms with van der Waals surface area (Å²) in [5.41, 5.74) is -9.37. The van der Waals surface area contributed by atoms with Gasteiger partial charge in [-0.15, -0.1) is 0 Å². The van der Waals surface area contributed by atoms with E-state index in [0.29, 0.717) is 53.3 Å². The van der Waals surface area contributed by atoms with E-state index in [-0.39, 0.29) is 32.1 Å². The van der Waals surface area contributed by atoms with E-state index in [1.165, 1.54) is 36.4 Å². The summed E-state index contributed by atoms with van der Waals surface area (Å²) in [5.74, 6) is -11.3. The van der Waals surface area contributed by atoms with E-state index in [9.17, 15) is 9.59 Å². The highest BCUT2D eigenvalue weighted by Gasteiger charge is 2.81. The molecular weight excluding hydrogens is 937 g/mol. The molecule has 6 unspecified atom stereocenters. The molecule has 0 aliphatic heterocycles. The summed E-state index contributed by atoms with van der Waals surface area (Å²) in [5, 5.41) is 1.60. The van der Waals surface area contributed by atoms with Gasteiger partial charge in [0.2, 0.25) is 11.8 Å². The van der Waals surface area contributed by atoms with E-state index in [0.717, 1.165) is 21.0 Å². The summed E-state index contributed by atoms with van der Waals surface area (Å²) in [6.07, 6.45) is -25.2. The molecule has 0 saturated heterocycles. The van der Waals surface area contributed by atoms with Crippen LogP contribution in [0.3, 0.4) is 0 Å². The summed E-state index contributed by atoms with van der Waals surface area (Å²) in [6.45, 7) is 8.06. The second-order valence-corrected chi connectivity index (χ2v) is 23.1. The standard InChI is InChI=1S/C44H62BF12N3O4S2/c1-15-35(6,32(61)59(10)29-21-18-20-28(24-29)34(4,5)65-12)39(46,41(48,49)50)63-44(56,57)38(9,26-45)37(8,16-2)43(54,55)64-40(47,42(51,52)53)36(7,27-58)33(62)60(11)30-22-19-23-31(25-30)66(13,14)17-3/h17-25,65H,3,12,15-16,26-27,45,58H2,1-2,4-11,13-14H3. The van der Waals surface area contributed by atoms with E-state index < -0.39 is 110 Å². The number of nitrogens with zero attached hydrogens (tertiary/aromatic N) is 2. The van der Waals surface area contributed by atoms with Crippen molar-refractivity contribution < 1.29 is 71.7 Å². The largest absolute Gasteiger partial charge is 0.449 e. The maximum Gasteiger partial charge on any atom is 0.449 e. The van der Waals surface area contributed by atoms with Gasteiger partial charge in [0.1, 0.15) is 18.7 Å². The van der Waals surface area contributed by atoms with Crippen molar-refractivity contribution >= 4 is 58.3 Å². The van der Waals surface area contributed by atoms with Crippen LogP contribution in [-0.2, 0) is 23.8 Å². The van der Waals surface area contributed by atoms with Gasteiger partial charge < -0.3 is 15.5 Å². The molecule has 22 heteroatoms. The van der Waals surface area contributed by atoms with Crippen LogP contribution >= 0.6 is 21.4 Å². The van der Waals surface area contributed by atoms with Gasteiger partial charge >= 0.3 is 36.3 Å². The second kappa shape index (κ2) is 19.3. The van der Waals surface area contributed by atoms with Crippen molar-refractivity contribution in [2.75, 3.05) is 43.0 Å². The van der Waals surface area contributed by atoms with Crippen LogP contribution in [0.4, 0.5) is 64.1 Å². The monoisotopic (exact) mass is 999 g/mol. The zero-order valence-corrected chi connectivity index (χ0v) is 41.1. The molecule has 0 bridgehead atoms. The minimum Gasteiger partial charge on any atom is -0.329 e. The molecular formula is C44H62BF12N3O4S2. The van der Waals surface area contributed by atoms with Crippen LogP contribution in [0.15, 0.2) is 65.4 Å². The quantitative estimate of drug-likeness (QED) is 0.0563. The lowest BCUT2D eigenvalue weighted by atomic mass is 9.57. The second-order valence-electron chi connectivity index (χ2n) is 18.1. The molecule has 0 aromatic heterocycles. The van der Waals surface area contributed by atoms with Gasteiger partial charge in [-0.2, -0.15) is 55.3 Å². The molecule has 0 heterocycles. The first-order valence-electron chi connectivity index (χ1n) is 20.6. The molecule has 2 rings (SSSR count). The number of halogens is 12. The average molecular weight is 1000 g/mol. The number of amides is 2. The number of carbonyl (C=O) groups excluding carboxylic acids is 2. The Morgan fingerprint density at radius 3 is 1.50 bits per heavy atom. The molecule has 6 atom stereocenters. The fourth-order valence-electron chi connectivity index (χ4n) is 7.53. The van der Waals surface area contributed by atoms with Crippen LogP contribution in [0.5, 0.6) is 0 Å². The Morgan fingerprint density at radius 1 is 0.712 bits per heavy atom. The van der Waals surface area contributed by atoms with E-state index >= 15 is 52.7 Å². The lowest BCUT2D eigenvalue weighted by Gasteiger charge is -2.55. The van der Waals surface area contributed by atoms with Gasteiger partial charge in [0.15, 0.2) is 0 Å². The third-order valence-corrected chi connectivity index (χ3v) is 17.2. The van der Waals surface area contributed by atoms with E-state index in [1.807, 2.05) is 0 Å². The lowest BCUT2D eigenvalue weighted by Crippen LogP contribution is -2.70. The van der Waals surface area contributed by atoms with Crippen LogP contribution in [0.2, 0.25) is 6.32 Å². The highest BCUT2D eigenvalue weighted by Crippen LogP contribution is 2.66. The van der Waals surface area contributed by atoms with Gasteiger partial charge in [-0.3, -0.25) is 19.1 Å². The predicted molar refractivity (Wildman–Crippen MR) is 244 cm³/mol. The number of thiol groups is 1. The Bertz CT molecular complexity index is 1970. The topological polar surface area (TPSA) is 85.1 Å². The fraction of sp³-hybridized carbons (Fsp3) is 0.614. The van der Waals surface area contributed by atoms with Crippen LogP contribution in [0.25, 0.3) is 0 Å². The number of alkyl halides is 12. The molecule has 2 amide bonds. The molecule has 0 spiro atoms. The number of hydrogen-bond acceptors (Lipinski definition) is 5. The molecule has 0 aliphatic carbocycles. The van der Waals surface area contributed by atoms with Gasteiger partial charge in [0.25, 0.3) is 0 Å². The number of rotatable bonds is 21. The molecule has 0 radical (unpaired) electrons. The molecule has 66 heavy (non-hydrogen) atoms. The highest BCUT2D eigenvalue weighted by molar-refractivity contribution is 8.35. The first-order valence-corrected chi connectivity index (χ1v) is 24.2. The van der Waals surface area contributed by atoms with Crippen LogP contribution in [-0.4, -0.2) is 95.0 Å². The maximum atomic E-state index is 17.2. The Labute approximate surface area is 385 Å². The van der Waals surface area contributed by atoms with Crippen LogP contribution in [0.1, 0.15) is 73.8 Å². The molecule has 2 aromatic rings. The number of nitrogens with two attached hydrogens (primary N) is 1. The van der Waals surface area contributed by atoms with Crippen molar-refractivity contribution in [3.8, 4) is 0 Å². The average Bonchev–Trinajstić information content (AvgIpc) is 3.25. The van der Waals surface area contributed by atoms with Crippen LogP contribution < -0.4 is 15.5 Å². The van der Waals surface area contributed by atoms with E-state index in [4.69, 9.17) is 5.73 Å². The first kappa shape index (κ1) is 58.9. The van der Waals surface area contributed by atoms with E-state index in [2.05, 4.69) is 21.9 Å². The minimum absolute atomic E-state index is 0.0985. The van der Waals surface area contributed by atoms with Crippen molar-refractivity contribution in [1.82, 2.24) is 0 Å². The molecule has 0 saturated carbocycles. The number of anilines is 2. The minimum atomic E-state index is -6.59. The van der Waals surface area contributed by atoms with Gasteiger partial charge in [0.05, 0.1) is 10.8 Å². The zero-order valence-electron chi connectivity index (χ0n) is 39.4. The van der Waals surface area contributed by atoms with E-state index in [1.54, 1.807) is 43.9 Å². The van der Waals surface area contributed by atoms with Gasteiger partial charge in [0, 0.05) is 36.8 Å². The van der Waals surface area contributed by atoms with Gasteiger partial charge in [-0.1, -0.05) is 70.1 Å². The predicted octanol–water partition coefficient (Wildman–Crippen LogP) is 11.5. The summed E-state index contributed by atoms with van der Waals surface area (Å²) in [6, 6.07) is 11.3. The summed E-state index contributed by atoms with van der Waals surface area (Å²) >= 11 is 0.586. The van der Waals surface area contributed by atoms with Crippen LogP contribution in [0, 0.1) is 21.7 Å². The third-order valence-electron chi connectivity index (χ3n) is 13.8. The maximum absolute atomic E-state index is 17.2. The Morgan fingerprint density at radius 2 is 1.12 bits per heavy atom. The first-order chi connectivity index (χ1) is 29.6. The van der Waals surface area contributed by atoms with Gasteiger partial charge in [-0.05, 0) is 93.8 Å². The molecule has 0 fully saturated rings. The number of benzene rings is 2. The Kier molecular flexibility index (Phi) is 17.2. The van der Waals surface area contributed by atoms with Crippen molar-refractivity contribution in [2.45, 2.75) is 120 Å². The van der Waals surface area contributed by atoms with Crippen molar-refractivity contribution in [3.63, 3.8) is 0 Å². The number of carbonyl (C=O) groups is 2. The fourth-order valence-corrected chi connectivity index (χ4v) is 8.90. The Balaban J connectivity index is 2.87. The zero-order chi connectivity index (χ0) is 51.9. The van der Waals surface area contributed by atoms with Crippen molar-refractivity contribution in [2.24, 2.45) is 27.4 Å². The lowest BCUT2D eigenvalue weighted by molar-refractivity contribution is -0.495. The molecule has 2 N–H and O–H groups in total.